The first kappa shape index (κ1) is 53.5. The van der Waals surface area contributed by atoms with Gasteiger partial charge in [0.1, 0.15) is 11.6 Å². The quantitative estimate of drug-likeness (QED) is 0.128. The van der Waals surface area contributed by atoms with Crippen molar-refractivity contribution in [3.8, 4) is 102 Å². The third-order valence-corrected chi connectivity index (χ3v) is 17.3. The average Bonchev–Trinajstić information content (AvgIpc) is 1.58. The summed E-state index contributed by atoms with van der Waals surface area (Å²) in [6.07, 6.45) is 6.71. The van der Waals surface area contributed by atoms with Crippen molar-refractivity contribution in [2.24, 2.45) is 0 Å². The topological polar surface area (TPSA) is 83.5 Å². The third kappa shape index (κ3) is 9.70. The summed E-state index contributed by atoms with van der Waals surface area (Å²) in [5.41, 5.74) is 20.5. The third-order valence-electron chi connectivity index (χ3n) is 17.3. The molecular weight excluding hydrogens is 1110 g/mol. The Morgan fingerprint density at radius 2 is 0.778 bits per heavy atom. The Kier molecular flexibility index (Phi) is 13.3. The van der Waals surface area contributed by atoms with E-state index in [4.69, 9.17) is 19.9 Å². The average molecular weight is 1160 g/mol. The number of hydrogen-bond acceptors (Lipinski definition) is 6. The number of halogens is 2. The molecule has 0 amide bonds. The lowest BCUT2D eigenvalue weighted by Gasteiger charge is -2.32. The molecule has 0 N–H and O–H groups in total. The largest absolute Gasteiger partial charge is 0.332 e. The zero-order valence-corrected chi connectivity index (χ0v) is 48.3. The van der Waals surface area contributed by atoms with E-state index in [-0.39, 0.29) is 23.1 Å². The van der Waals surface area contributed by atoms with E-state index in [0.29, 0.717) is 16.9 Å². The minimum Gasteiger partial charge on any atom is -0.332 e. The second-order valence-electron chi connectivity index (χ2n) is 22.7. The Morgan fingerprint density at radius 1 is 0.356 bits per heavy atom. The molecule has 0 bridgehead atoms. The summed E-state index contributed by atoms with van der Waals surface area (Å²) in [4.78, 5) is 23.3. The highest BCUT2D eigenvalue weighted by atomic mass is 19.1. The van der Waals surface area contributed by atoms with Crippen molar-refractivity contribution in [3.63, 3.8) is 0 Å². The van der Waals surface area contributed by atoms with Crippen LogP contribution in [0.25, 0.3) is 123 Å². The summed E-state index contributed by atoms with van der Waals surface area (Å²) in [5.74, 6) is -1.73. The van der Waals surface area contributed by atoms with Crippen LogP contribution in [0.15, 0.2) is 297 Å². The maximum atomic E-state index is 15.6. The Morgan fingerprint density at radius 3 is 1.24 bits per heavy atom. The molecule has 9 aromatic carbocycles. The lowest BCUT2D eigenvalue weighted by atomic mass is 9.86. The molecule has 2 atom stereocenters. The van der Waals surface area contributed by atoms with Crippen molar-refractivity contribution in [1.82, 2.24) is 24.5 Å². The molecule has 5 aromatic heterocycles. The molecule has 90 heavy (non-hydrogen) atoms. The maximum absolute atomic E-state index is 15.6. The zero-order valence-electron chi connectivity index (χ0n) is 48.3. The predicted molar refractivity (Wildman–Crippen MR) is 359 cm³/mol. The number of hydrogen-bond donors (Lipinski definition) is 0. The predicted octanol–water partition coefficient (Wildman–Crippen LogP) is 20.1. The lowest BCUT2D eigenvalue weighted by molar-refractivity contribution is 0.584. The van der Waals surface area contributed by atoms with Gasteiger partial charge in [0, 0.05) is 73.0 Å². The molecular formula is C81H51F2N7. The summed E-state index contributed by atoms with van der Waals surface area (Å²) in [6, 6.07) is 94.1. The zero-order chi connectivity index (χ0) is 60.2. The van der Waals surface area contributed by atoms with E-state index in [0.717, 1.165) is 129 Å². The van der Waals surface area contributed by atoms with Crippen LogP contribution in [0.3, 0.4) is 0 Å². The van der Waals surface area contributed by atoms with E-state index < -0.39 is 11.6 Å². The molecule has 14 aromatic rings. The van der Waals surface area contributed by atoms with Crippen molar-refractivity contribution in [2.45, 2.75) is 12.0 Å². The Bertz CT molecular complexity index is 5090. The van der Waals surface area contributed by atoms with Gasteiger partial charge >= 0.3 is 0 Å². The van der Waals surface area contributed by atoms with Gasteiger partial charge in [-0.05, 0) is 126 Å². The molecule has 9 heteroatoms. The van der Waals surface area contributed by atoms with E-state index >= 15 is 8.78 Å². The maximum Gasteiger partial charge on any atom is 0.126 e. The first-order valence-corrected chi connectivity index (χ1v) is 29.9. The molecule has 1 aliphatic heterocycles. The fraction of sp³-hybridized carbons (Fsp3) is 0.0247. The molecule has 7 nitrogen and oxygen atoms in total. The van der Waals surface area contributed by atoms with Gasteiger partial charge in [-0.15, -0.1) is 0 Å². The first-order valence-electron chi connectivity index (χ1n) is 29.9. The SMILES string of the molecule is N#Cc1cc(-n2c3ccc(-c4cccc(-c5ccccc5)n4)cc3c3cc(-c4cccc(-c5ccccc5)n4)ccc32)c(N2c3ccc(-c4cccc(-c5ccccc5)n4)cc3C3C=C(c4cccc(-c5ccccc5)n4)C=CC32)cc1-c1cc(F)cc(F)c1. The van der Waals surface area contributed by atoms with Crippen molar-refractivity contribution in [2.75, 3.05) is 4.90 Å². The van der Waals surface area contributed by atoms with Gasteiger partial charge in [-0.25, -0.2) is 28.7 Å². The summed E-state index contributed by atoms with van der Waals surface area (Å²) in [6.45, 7) is 0. The number of anilines is 2. The van der Waals surface area contributed by atoms with Crippen molar-refractivity contribution >= 4 is 38.8 Å². The number of nitrogens with zero attached hydrogens (tertiary/aromatic N) is 7. The molecule has 424 valence electrons. The van der Waals surface area contributed by atoms with Crippen molar-refractivity contribution in [1.29, 1.82) is 5.26 Å². The van der Waals surface area contributed by atoms with E-state index in [2.05, 4.69) is 149 Å². The smallest absolute Gasteiger partial charge is 0.126 e. The number of fused-ring (bicyclic) bond motifs is 6. The number of allylic oxidation sites excluding steroid dienone is 2. The molecule has 2 unspecified atom stereocenters. The monoisotopic (exact) mass is 1160 g/mol. The minimum absolute atomic E-state index is 0.237. The van der Waals surface area contributed by atoms with Crippen LogP contribution < -0.4 is 4.90 Å². The van der Waals surface area contributed by atoms with Crippen LogP contribution in [-0.4, -0.2) is 30.5 Å². The van der Waals surface area contributed by atoms with Crippen LogP contribution in [0.4, 0.5) is 20.2 Å². The highest BCUT2D eigenvalue weighted by molar-refractivity contribution is 6.12. The van der Waals surface area contributed by atoms with Crippen LogP contribution in [0.5, 0.6) is 0 Å². The minimum atomic E-state index is -0.747. The van der Waals surface area contributed by atoms with Crippen LogP contribution >= 0.6 is 0 Å². The second kappa shape index (κ2) is 22.4. The Hall–Kier alpha value is -12.0. The highest BCUT2D eigenvalue weighted by Crippen LogP contribution is 2.53. The fourth-order valence-corrected chi connectivity index (χ4v) is 13.1. The molecule has 1 aliphatic carbocycles. The van der Waals surface area contributed by atoms with Crippen LogP contribution in [0.2, 0.25) is 0 Å². The molecule has 0 spiro atoms. The summed E-state index contributed by atoms with van der Waals surface area (Å²) in [7, 11) is 0. The van der Waals surface area contributed by atoms with Gasteiger partial charge in [-0.3, -0.25) is 0 Å². The van der Waals surface area contributed by atoms with Crippen molar-refractivity contribution < 1.29 is 8.78 Å². The van der Waals surface area contributed by atoms with E-state index in [1.54, 1.807) is 0 Å². The number of rotatable bonds is 11. The molecule has 0 saturated heterocycles. The number of benzene rings is 9. The van der Waals surface area contributed by atoms with Gasteiger partial charge in [-0.2, -0.15) is 5.26 Å². The lowest BCUT2D eigenvalue weighted by Crippen LogP contribution is -2.30. The van der Waals surface area contributed by atoms with Gasteiger partial charge in [0.25, 0.3) is 0 Å². The van der Waals surface area contributed by atoms with Gasteiger partial charge in [0.05, 0.1) is 85.6 Å². The van der Waals surface area contributed by atoms with Gasteiger partial charge < -0.3 is 9.47 Å². The fourth-order valence-electron chi connectivity index (χ4n) is 13.1. The Labute approximate surface area is 518 Å². The van der Waals surface area contributed by atoms with Crippen LogP contribution in [0, 0.1) is 23.0 Å². The van der Waals surface area contributed by atoms with E-state index in [9.17, 15) is 5.26 Å². The number of pyridine rings is 4. The molecule has 2 aliphatic rings. The summed E-state index contributed by atoms with van der Waals surface area (Å²) < 4.78 is 33.4. The van der Waals surface area contributed by atoms with Crippen LogP contribution in [0.1, 0.15) is 22.7 Å². The number of nitriles is 1. The molecule has 6 heterocycles. The summed E-state index contributed by atoms with van der Waals surface area (Å²) >= 11 is 0. The molecule has 0 fully saturated rings. The molecule has 0 saturated carbocycles. The van der Waals surface area contributed by atoms with Crippen molar-refractivity contribution in [3.05, 3.63) is 326 Å². The standard InChI is InChI=1S/C81H51F2N7/c82-61-41-59(42-62(83)48-61)63-49-81(90-78-39-35-57(74-31-15-27-70(87-74)53-21-9-3-10-22-53)45-66(78)67-46-58(36-40-79(67)90)75-32-16-28-71(88-75)54-23-11-4-12-24-54)80(47-60(63)50-84)89-76-37-33-55(72-29-13-25-68(85-72)51-17-5-1-6-18-51)43-64(76)65-44-56(34-38-77(65)89)73-30-14-26-69(86-73)52-19-7-2-8-20-52/h1-49,66,78H. The second-order valence-corrected chi connectivity index (χ2v) is 22.7. The first-order chi connectivity index (χ1) is 44.3. The van der Waals surface area contributed by atoms with Crippen LogP contribution in [-0.2, 0) is 0 Å². The van der Waals surface area contributed by atoms with Gasteiger partial charge in [0.15, 0.2) is 0 Å². The van der Waals surface area contributed by atoms with Gasteiger partial charge in [0.2, 0.25) is 0 Å². The van der Waals surface area contributed by atoms with Gasteiger partial charge in [-0.1, -0.05) is 182 Å². The van der Waals surface area contributed by atoms with E-state index in [1.807, 2.05) is 146 Å². The van der Waals surface area contributed by atoms with E-state index in [1.165, 1.54) is 12.1 Å². The normalized spacial score (nSPS) is 14.1. The molecule has 16 rings (SSSR count). The molecule has 0 radical (unpaired) electrons. The highest BCUT2D eigenvalue weighted by Gasteiger charge is 2.41. The summed E-state index contributed by atoms with van der Waals surface area (Å²) in [5, 5.41) is 13.2. The number of aromatic nitrogens is 5. The Balaban J connectivity index is 0.933.